The van der Waals surface area contributed by atoms with Gasteiger partial charge in [0.25, 0.3) is 11.2 Å². The van der Waals surface area contributed by atoms with Crippen LogP contribution in [0.15, 0.2) is 40.5 Å². The molecule has 0 bridgehead atoms. The van der Waals surface area contributed by atoms with Crippen molar-refractivity contribution in [1.82, 2.24) is 9.97 Å². The Morgan fingerprint density at radius 3 is 2.79 bits per heavy atom. The molecule has 1 aliphatic rings. The van der Waals surface area contributed by atoms with Crippen LogP contribution in [0.1, 0.15) is 17.0 Å². The van der Waals surface area contributed by atoms with E-state index in [9.17, 15) is 20.2 Å². The Hall–Kier alpha value is -3.87. The lowest BCUT2D eigenvalue weighted by atomic mass is 9.84. The van der Waals surface area contributed by atoms with Crippen molar-refractivity contribution in [2.45, 2.75) is 5.92 Å². The number of anilines is 2. The van der Waals surface area contributed by atoms with E-state index in [-0.39, 0.29) is 34.4 Å². The molecular formula is C14H11N7O3. The SMILES string of the molecule is N#CC1=C(N)Nc2nc(N)[nH]c(=O)c2C1c1cccc([N+](=O)[O-])c1. The number of nitrogen functional groups attached to an aromatic ring is 1. The third-order valence-corrected chi connectivity index (χ3v) is 3.63. The third-order valence-electron chi connectivity index (χ3n) is 3.63. The van der Waals surface area contributed by atoms with Crippen LogP contribution in [0.25, 0.3) is 0 Å². The number of fused-ring (bicyclic) bond motifs is 1. The van der Waals surface area contributed by atoms with E-state index < -0.39 is 16.4 Å². The van der Waals surface area contributed by atoms with E-state index in [4.69, 9.17) is 11.5 Å². The van der Waals surface area contributed by atoms with E-state index in [1.54, 1.807) is 6.07 Å². The molecule has 1 aromatic heterocycles. The van der Waals surface area contributed by atoms with Gasteiger partial charge in [-0.15, -0.1) is 0 Å². The standard InChI is InChI=1S/C14H11N7O3/c15-5-8-9(6-2-1-3-7(4-6)21(23)24)10-12(18-11(8)16)19-14(17)20-13(10)22/h1-4,9H,16H2,(H4,17,18,19,20,22). The van der Waals surface area contributed by atoms with Gasteiger partial charge in [-0.3, -0.25) is 19.9 Å². The highest BCUT2D eigenvalue weighted by atomic mass is 16.6. The van der Waals surface area contributed by atoms with Crippen molar-refractivity contribution >= 4 is 17.5 Å². The van der Waals surface area contributed by atoms with E-state index in [0.29, 0.717) is 5.56 Å². The van der Waals surface area contributed by atoms with Gasteiger partial charge >= 0.3 is 0 Å². The van der Waals surface area contributed by atoms with Crippen LogP contribution in [0.3, 0.4) is 0 Å². The number of nitro groups is 1. The number of H-pyrrole nitrogens is 1. The minimum Gasteiger partial charge on any atom is -0.384 e. The van der Waals surface area contributed by atoms with Crippen molar-refractivity contribution in [1.29, 1.82) is 5.26 Å². The summed E-state index contributed by atoms with van der Waals surface area (Å²) in [4.78, 5) is 29.1. The van der Waals surface area contributed by atoms with Gasteiger partial charge in [0.1, 0.15) is 11.6 Å². The Balaban J connectivity index is 2.30. The average Bonchev–Trinajstić information content (AvgIpc) is 2.53. The molecule has 0 saturated heterocycles. The van der Waals surface area contributed by atoms with Crippen molar-refractivity contribution in [2.75, 3.05) is 11.1 Å². The average molecular weight is 325 g/mol. The molecule has 10 nitrogen and oxygen atoms in total. The first kappa shape index (κ1) is 15.0. The second-order valence-corrected chi connectivity index (χ2v) is 5.06. The first-order valence-corrected chi connectivity index (χ1v) is 6.73. The van der Waals surface area contributed by atoms with Crippen LogP contribution in [0.5, 0.6) is 0 Å². The normalized spacial score (nSPS) is 16.0. The smallest absolute Gasteiger partial charge is 0.269 e. The summed E-state index contributed by atoms with van der Waals surface area (Å²) >= 11 is 0. The lowest BCUT2D eigenvalue weighted by Gasteiger charge is -2.25. The quantitative estimate of drug-likeness (QED) is 0.455. The number of nitrogens with one attached hydrogen (secondary N) is 2. The lowest BCUT2D eigenvalue weighted by Crippen LogP contribution is -2.30. The van der Waals surface area contributed by atoms with E-state index in [1.807, 2.05) is 6.07 Å². The minimum atomic E-state index is -0.886. The highest BCUT2D eigenvalue weighted by Gasteiger charge is 2.33. The second-order valence-electron chi connectivity index (χ2n) is 5.06. The van der Waals surface area contributed by atoms with Crippen LogP contribution >= 0.6 is 0 Å². The van der Waals surface area contributed by atoms with E-state index in [0.717, 1.165) is 0 Å². The largest absolute Gasteiger partial charge is 0.384 e. The maximum atomic E-state index is 12.3. The van der Waals surface area contributed by atoms with E-state index in [2.05, 4.69) is 15.3 Å². The lowest BCUT2D eigenvalue weighted by molar-refractivity contribution is -0.384. The van der Waals surface area contributed by atoms with Gasteiger partial charge < -0.3 is 16.8 Å². The van der Waals surface area contributed by atoms with Gasteiger partial charge in [0.15, 0.2) is 0 Å². The van der Waals surface area contributed by atoms with Crippen LogP contribution in [0.2, 0.25) is 0 Å². The maximum absolute atomic E-state index is 12.3. The molecule has 0 fully saturated rings. The summed E-state index contributed by atoms with van der Waals surface area (Å²) in [6.45, 7) is 0. The molecular weight excluding hydrogens is 314 g/mol. The number of hydrogen-bond donors (Lipinski definition) is 4. The predicted octanol–water partition coefficient (Wildman–Crippen LogP) is 0.512. The third kappa shape index (κ3) is 2.30. The Morgan fingerprint density at radius 1 is 1.38 bits per heavy atom. The molecule has 1 aliphatic heterocycles. The van der Waals surface area contributed by atoms with E-state index >= 15 is 0 Å². The van der Waals surface area contributed by atoms with Gasteiger partial charge in [0.2, 0.25) is 5.95 Å². The van der Waals surface area contributed by atoms with Gasteiger partial charge in [-0.05, 0) is 5.56 Å². The molecule has 0 spiro atoms. The Bertz CT molecular complexity index is 987. The molecule has 1 atom stereocenters. The van der Waals surface area contributed by atoms with Crippen molar-refractivity contribution in [3.05, 3.63) is 67.3 Å². The van der Waals surface area contributed by atoms with Crippen molar-refractivity contribution in [3.8, 4) is 6.07 Å². The number of nitrogens with zero attached hydrogens (tertiary/aromatic N) is 3. The molecule has 6 N–H and O–H groups in total. The zero-order valence-corrected chi connectivity index (χ0v) is 12.1. The molecule has 24 heavy (non-hydrogen) atoms. The van der Waals surface area contributed by atoms with Gasteiger partial charge in [-0.2, -0.15) is 10.2 Å². The molecule has 2 heterocycles. The number of hydrogen-bond acceptors (Lipinski definition) is 8. The molecule has 0 radical (unpaired) electrons. The Morgan fingerprint density at radius 2 is 2.12 bits per heavy atom. The van der Waals surface area contributed by atoms with Crippen LogP contribution in [0, 0.1) is 21.4 Å². The molecule has 10 heteroatoms. The molecule has 0 aliphatic carbocycles. The minimum absolute atomic E-state index is 0.0130. The first-order valence-electron chi connectivity index (χ1n) is 6.73. The first-order chi connectivity index (χ1) is 11.4. The number of aromatic nitrogens is 2. The highest BCUT2D eigenvalue weighted by molar-refractivity contribution is 5.65. The summed E-state index contributed by atoms with van der Waals surface area (Å²) < 4.78 is 0. The number of rotatable bonds is 2. The number of nitriles is 1. The number of allylic oxidation sites excluding steroid dienone is 1. The number of nitrogens with two attached hydrogens (primary N) is 2. The highest BCUT2D eigenvalue weighted by Crippen LogP contribution is 2.38. The van der Waals surface area contributed by atoms with Crippen molar-refractivity contribution < 1.29 is 4.92 Å². The number of aromatic amines is 1. The fourth-order valence-electron chi connectivity index (χ4n) is 2.63. The molecule has 1 aromatic carbocycles. The fourth-order valence-corrected chi connectivity index (χ4v) is 2.63. The molecule has 3 rings (SSSR count). The number of benzene rings is 1. The zero-order chi connectivity index (χ0) is 17.4. The topological polar surface area (TPSA) is 177 Å². The van der Waals surface area contributed by atoms with Crippen molar-refractivity contribution in [2.24, 2.45) is 5.73 Å². The monoisotopic (exact) mass is 325 g/mol. The summed E-state index contributed by atoms with van der Waals surface area (Å²) in [5.41, 5.74) is 11.2. The summed E-state index contributed by atoms with van der Waals surface area (Å²) in [5, 5.41) is 23.1. The second kappa shape index (κ2) is 5.40. The van der Waals surface area contributed by atoms with Gasteiger partial charge in [-0.25, -0.2) is 0 Å². The molecule has 0 saturated carbocycles. The van der Waals surface area contributed by atoms with Crippen molar-refractivity contribution in [3.63, 3.8) is 0 Å². The van der Waals surface area contributed by atoms with Gasteiger partial charge in [0, 0.05) is 12.1 Å². The summed E-state index contributed by atoms with van der Waals surface area (Å²) in [7, 11) is 0. The zero-order valence-electron chi connectivity index (χ0n) is 12.1. The molecule has 0 amide bonds. The summed E-state index contributed by atoms with van der Waals surface area (Å²) in [5.74, 6) is -0.872. The van der Waals surface area contributed by atoms with Crippen LogP contribution < -0.4 is 22.3 Å². The van der Waals surface area contributed by atoms with Crippen LogP contribution in [-0.4, -0.2) is 14.9 Å². The number of non-ortho nitro benzene ring substituents is 1. The maximum Gasteiger partial charge on any atom is 0.269 e. The Labute approximate surface area is 134 Å². The fraction of sp³-hybridized carbons (Fsp3) is 0.0714. The molecule has 1 unspecified atom stereocenters. The van der Waals surface area contributed by atoms with Gasteiger partial charge in [-0.1, -0.05) is 12.1 Å². The Kier molecular flexibility index (Phi) is 3.38. The van der Waals surface area contributed by atoms with Crippen LogP contribution in [-0.2, 0) is 0 Å². The summed E-state index contributed by atoms with van der Waals surface area (Å²) in [6.07, 6.45) is 0. The van der Waals surface area contributed by atoms with Gasteiger partial charge in [0.05, 0.1) is 28.0 Å². The van der Waals surface area contributed by atoms with Crippen LogP contribution in [0.4, 0.5) is 17.5 Å². The van der Waals surface area contributed by atoms with E-state index in [1.165, 1.54) is 18.2 Å². The predicted molar refractivity (Wildman–Crippen MR) is 84.7 cm³/mol. The molecule has 120 valence electrons. The summed E-state index contributed by atoms with van der Waals surface area (Å²) in [6, 6.07) is 7.60. The number of nitro benzene ring substituents is 1. The molecule has 2 aromatic rings.